The molecule has 190 valence electrons. The molecule has 0 aliphatic rings. The van der Waals surface area contributed by atoms with Gasteiger partial charge in [0.05, 0.1) is 7.11 Å². The van der Waals surface area contributed by atoms with Crippen molar-refractivity contribution in [2.24, 2.45) is 0 Å². The molecule has 0 bridgehead atoms. The molecule has 3 amide bonds. The van der Waals surface area contributed by atoms with Gasteiger partial charge in [0.2, 0.25) is 5.91 Å². The van der Waals surface area contributed by atoms with Gasteiger partial charge >= 0.3 is 6.03 Å². The highest BCUT2D eigenvalue weighted by Gasteiger charge is 2.16. The van der Waals surface area contributed by atoms with Crippen LogP contribution in [0.1, 0.15) is 39.0 Å². The first-order valence-corrected chi connectivity index (χ1v) is 12.4. The van der Waals surface area contributed by atoms with Gasteiger partial charge in [-0.1, -0.05) is 38.0 Å². The van der Waals surface area contributed by atoms with Gasteiger partial charge in [-0.05, 0) is 73.5 Å². The van der Waals surface area contributed by atoms with E-state index in [0.717, 1.165) is 30.7 Å². The Hall–Kier alpha value is -4.00. The van der Waals surface area contributed by atoms with E-state index in [1.54, 1.807) is 36.3 Å². The number of ether oxygens (including phenoxy) is 2. The topological polar surface area (TPSA) is 79.9 Å². The molecular formula is C29H35N3O4. The van der Waals surface area contributed by atoms with Crippen LogP contribution in [0.5, 0.6) is 17.2 Å². The van der Waals surface area contributed by atoms with Crippen LogP contribution in [0.15, 0.2) is 78.9 Å². The molecule has 36 heavy (non-hydrogen) atoms. The van der Waals surface area contributed by atoms with E-state index in [-0.39, 0.29) is 11.9 Å². The van der Waals surface area contributed by atoms with Gasteiger partial charge in [-0.3, -0.25) is 9.69 Å². The number of carbonyl (C=O) groups is 2. The lowest BCUT2D eigenvalue weighted by Crippen LogP contribution is -2.37. The zero-order chi connectivity index (χ0) is 25.6. The number of rotatable bonds is 13. The summed E-state index contributed by atoms with van der Waals surface area (Å²) in [7, 11) is 1.60. The molecule has 0 saturated heterocycles. The second-order valence-corrected chi connectivity index (χ2v) is 8.38. The molecule has 7 nitrogen and oxygen atoms in total. The molecule has 0 atom stereocenters. The summed E-state index contributed by atoms with van der Waals surface area (Å²) in [4.78, 5) is 26.9. The average molecular weight is 490 g/mol. The Morgan fingerprint density at radius 3 is 2.14 bits per heavy atom. The summed E-state index contributed by atoms with van der Waals surface area (Å²) in [6.07, 6.45) is 4.20. The van der Waals surface area contributed by atoms with Crippen molar-refractivity contribution in [3.8, 4) is 17.2 Å². The molecule has 0 unspecified atom stereocenters. The van der Waals surface area contributed by atoms with Gasteiger partial charge in [0.1, 0.15) is 17.2 Å². The van der Waals surface area contributed by atoms with Crippen LogP contribution in [0.25, 0.3) is 0 Å². The summed E-state index contributed by atoms with van der Waals surface area (Å²) in [6.45, 7) is 3.06. The number of amides is 3. The molecule has 0 saturated carbocycles. The SMILES string of the molecule is CCCCCC(=O)NCCCN(C(=O)Nc1ccc(OC)cc1)c1ccc(Oc2ccccc2)cc1. The Bertz CT molecular complexity index is 1070. The highest BCUT2D eigenvalue weighted by molar-refractivity contribution is 6.01. The maximum Gasteiger partial charge on any atom is 0.326 e. The maximum absolute atomic E-state index is 13.2. The highest BCUT2D eigenvalue weighted by atomic mass is 16.5. The van der Waals surface area contributed by atoms with Crippen LogP contribution in [0.4, 0.5) is 16.2 Å². The summed E-state index contributed by atoms with van der Waals surface area (Å²) in [5.74, 6) is 2.20. The molecule has 0 aliphatic carbocycles. The van der Waals surface area contributed by atoms with Crippen LogP contribution in [0.3, 0.4) is 0 Å². The molecule has 3 aromatic carbocycles. The van der Waals surface area contributed by atoms with Crippen molar-refractivity contribution in [1.82, 2.24) is 5.32 Å². The fraction of sp³-hybridized carbons (Fsp3) is 0.310. The van der Waals surface area contributed by atoms with E-state index < -0.39 is 0 Å². The van der Waals surface area contributed by atoms with E-state index in [1.807, 2.05) is 54.6 Å². The smallest absolute Gasteiger partial charge is 0.326 e. The molecule has 0 aliphatic heterocycles. The Labute approximate surface area is 213 Å². The molecule has 0 spiro atoms. The van der Waals surface area contributed by atoms with E-state index >= 15 is 0 Å². The van der Waals surface area contributed by atoms with Crippen LogP contribution >= 0.6 is 0 Å². The van der Waals surface area contributed by atoms with Gasteiger partial charge < -0.3 is 20.1 Å². The standard InChI is InChI=1S/C29H35N3O4/c1-3-4-6-12-28(33)30-21-9-22-32(29(34)31-23-13-17-25(35-2)18-14-23)24-15-19-27(20-16-24)36-26-10-7-5-8-11-26/h5,7-8,10-11,13-20H,3-4,6,9,12,21-22H2,1-2H3,(H,30,33)(H,31,34). The van der Waals surface area contributed by atoms with Crippen molar-refractivity contribution in [3.63, 3.8) is 0 Å². The third-order valence-electron chi connectivity index (χ3n) is 5.60. The van der Waals surface area contributed by atoms with Gasteiger partial charge in [0, 0.05) is 30.9 Å². The van der Waals surface area contributed by atoms with Crippen molar-refractivity contribution >= 4 is 23.3 Å². The van der Waals surface area contributed by atoms with Crippen LogP contribution in [-0.2, 0) is 4.79 Å². The predicted molar refractivity (Wildman–Crippen MR) is 144 cm³/mol. The fourth-order valence-electron chi connectivity index (χ4n) is 3.62. The number of nitrogens with zero attached hydrogens (tertiary/aromatic N) is 1. The first-order chi connectivity index (χ1) is 17.6. The van der Waals surface area contributed by atoms with Crippen LogP contribution in [0, 0.1) is 0 Å². The van der Waals surface area contributed by atoms with Crippen molar-refractivity contribution in [3.05, 3.63) is 78.9 Å². The van der Waals surface area contributed by atoms with Crippen LogP contribution in [-0.4, -0.2) is 32.1 Å². The summed E-state index contributed by atoms with van der Waals surface area (Å²) >= 11 is 0. The number of methoxy groups -OCH3 is 1. The fourth-order valence-corrected chi connectivity index (χ4v) is 3.62. The van der Waals surface area contributed by atoms with E-state index in [0.29, 0.717) is 43.1 Å². The monoisotopic (exact) mass is 489 g/mol. The third kappa shape index (κ3) is 8.65. The van der Waals surface area contributed by atoms with Crippen molar-refractivity contribution in [1.29, 1.82) is 0 Å². The molecule has 0 fully saturated rings. The zero-order valence-electron chi connectivity index (χ0n) is 21.0. The molecule has 2 N–H and O–H groups in total. The van der Waals surface area contributed by atoms with Crippen molar-refractivity contribution < 1.29 is 19.1 Å². The number of benzene rings is 3. The predicted octanol–water partition coefficient (Wildman–Crippen LogP) is 6.61. The van der Waals surface area contributed by atoms with Crippen molar-refractivity contribution in [2.45, 2.75) is 39.0 Å². The summed E-state index contributed by atoms with van der Waals surface area (Å²) in [5.41, 5.74) is 1.40. The van der Waals surface area contributed by atoms with E-state index in [4.69, 9.17) is 9.47 Å². The van der Waals surface area contributed by atoms with Gasteiger partial charge in [-0.2, -0.15) is 0 Å². The Morgan fingerprint density at radius 2 is 1.47 bits per heavy atom. The molecule has 7 heteroatoms. The van der Waals surface area contributed by atoms with Crippen LogP contribution < -0.4 is 25.0 Å². The zero-order valence-corrected chi connectivity index (χ0v) is 21.0. The number of anilines is 2. The Balaban J connectivity index is 1.64. The maximum atomic E-state index is 13.2. The lowest BCUT2D eigenvalue weighted by Gasteiger charge is -2.24. The van der Waals surface area contributed by atoms with E-state index in [2.05, 4.69) is 17.6 Å². The van der Waals surface area contributed by atoms with E-state index in [9.17, 15) is 9.59 Å². The molecular weight excluding hydrogens is 454 g/mol. The van der Waals surface area contributed by atoms with Gasteiger partial charge in [0.15, 0.2) is 0 Å². The number of nitrogens with one attached hydrogen (secondary N) is 2. The number of urea groups is 1. The number of hydrogen-bond donors (Lipinski definition) is 2. The number of carbonyl (C=O) groups excluding carboxylic acids is 2. The van der Waals surface area contributed by atoms with E-state index in [1.165, 1.54) is 0 Å². The van der Waals surface area contributed by atoms with Gasteiger partial charge in [-0.25, -0.2) is 4.79 Å². The van der Waals surface area contributed by atoms with Gasteiger partial charge in [0.25, 0.3) is 0 Å². The normalized spacial score (nSPS) is 10.4. The van der Waals surface area contributed by atoms with Gasteiger partial charge in [-0.15, -0.1) is 0 Å². The molecule has 0 radical (unpaired) electrons. The lowest BCUT2D eigenvalue weighted by atomic mass is 10.2. The minimum Gasteiger partial charge on any atom is -0.497 e. The largest absolute Gasteiger partial charge is 0.497 e. The quantitative estimate of drug-likeness (QED) is 0.265. The third-order valence-corrected chi connectivity index (χ3v) is 5.60. The summed E-state index contributed by atoms with van der Waals surface area (Å²) in [6, 6.07) is 23.8. The number of para-hydroxylation sites is 1. The Kier molecular flexibility index (Phi) is 10.6. The highest BCUT2D eigenvalue weighted by Crippen LogP contribution is 2.25. The van der Waals surface area contributed by atoms with Crippen molar-refractivity contribution in [2.75, 3.05) is 30.4 Å². The van der Waals surface area contributed by atoms with Crippen LogP contribution in [0.2, 0.25) is 0 Å². The first kappa shape index (κ1) is 26.6. The first-order valence-electron chi connectivity index (χ1n) is 12.4. The minimum absolute atomic E-state index is 0.0556. The Morgan fingerprint density at radius 1 is 0.806 bits per heavy atom. The second-order valence-electron chi connectivity index (χ2n) is 8.38. The minimum atomic E-state index is -0.258. The average Bonchev–Trinajstić information content (AvgIpc) is 2.90. The number of hydrogen-bond acceptors (Lipinski definition) is 4. The lowest BCUT2D eigenvalue weighted by molar-refractivity contribution is -0.121. The molecule has 3 rings (SSSR count). The summed E-state index contributed by atoms with van der Waals surface area (Å²) < 4.78 is 11.1. The molecule has 0 aromatic heterocycles. The molecule has 0 heterocycles. The number of unbranched alkanes of at least 4 members (excludes halogenated alkanes) is 2. The molecule has 3 aromatic rings. The second kappa shape index (κ2) is 14.4. The summed E-state index contributed by atoms with van der Waals surface area (Å²) in [5, 5.41) is 5.90.